The van der Waals surface area contributed by atoms with Gasteiger partial charge in [-0.3, -0.25) is 4.18 Å². The van der Waals surface area contributed by atoms with E-state index in [9.17, 15) is 8.42 Å². The van der Waals surface area contributed by atoms with Crippen molar-refractivity contribution in [3.05, 3.63) is 35.9 Å². The van der Waals surface area contributed by atoms with Gasteiger partial charge in [-0.25, -0.2) is 0 Å². The summed E-state index contributed by atoms with van der Waals surface area (Å²) in [6, 6.07) is 9.66. The first-order chi connectivity index (χ1) is 8.38. The quantitative estimate of drug-likeness (QED) is 0.571. The molecule has 0 aliphatic heterocycles. The monoisotopic (exact) mass is 292 g/mol. The van der Waals surface area contributed by atoms with Crippen molar-refractivity contribution in [3.8, 4) is 0 Å². The second-order valence-electron chi connectivity index (χ2n) is 4.02. The third kappa shape index (κ3) is 6.35. The minimum absolute atomic E-state index is 0.229. The zero-order valence-electron chi connectivity index (χ0n) is 10.4. The summed E-state index contributed by atoms with van der Waals surface area (Å²) < 4.78 is 32.0. The summed E-state index contributed by atoms with van der Waals surface area (Å²) in [7, 11) is -3.49. The average Bonchev–Trinajstić information content (AvgIpc) is 2.28. The molecule has 0 N–H and O–H groups in total. The normalized spacial score (nSPS) is 15.3. The van der Waals surface area contributed by atoms with Crippen molar-refractivity contribution >= 4 is 21.7 Å². The zero-order chi connectivity index (χ0) is 13.6. The molecular formula is C12H17ClO4S. The van der Waals surface area contributed by atoms with E-state index in [0.29, 0.717) is 6.61 Å². The molecule has 4 nitrogen and oxygen atoms in total. The van der Waals surface area contributed by atoms with E-state index in [1.807, 2.05) is 30.3 Å². The summed E-state index contributed by atoms with van der Waals surface area (Å²) in [6.45, 7) is 2.27. The Labute approximate surface area is 113 Å². The lowest BCUT2D eigenvalue weighted by Gasteiger charge is -2.17. The minimum Gasteiger partial charge on any atom is -0.375 e. The van der Waals surface area contributed by atoms with Crippen molar-refractivity contribution in [2.75, 3.05) is 12.9 Å². The molecule has 1 rings (SSSR count). The molecule has 102 valence electrons. The third-order valence-electron chi connectivity index (χ3n) is 2.22. The van der Waals surface area contributed by atoms with Crippen molar-refractivity contribution in [2.24, 2.45) is 0 Å². The molecule has 6 heteroatoms. The van der Waals surface area contributed by atoms with Crippen LogP contribution in [0.5, 0.6) is 0 Å². The van der Waals surface area contributed by atoms with E-state index in [4.69, 9.17) is 20.5 Å². The number of hydrogen-bond donors (Lipinski definition) is 0. The Kier molecular flexibility index (Phi) is 6.08. The maximum absolute atomic E-state index is 10.9. The predicted molar refractivity (Wildman–Crippen MR) is 71.1 cm³/mol. The first kappa shape index (κ1) is 15.4. The fourth-order valence-electron chi connectivity index (χ4n) is 1.34. The van der Waals surface area contributed by atoms with E-state index in [0.717, 1.165) is 11.8 Å². The van der Waals surface area contributed by atoms with Crippen LogP contribution in [0.15, 0.2) is 30.3 Å². The van der Waals surface area contributed by atoms with Crippen LogP contribution in [-0.2, 0) is 25.6 Å². The van der Waals surface area contributed by atoms with Gasteiger partial charge in [0.1, 0.15) is 0 Å². The number of halogens is 1. The molecule has 0 aliphatic carbocycles. The Morgan fingerprint density at radius 2 is 1.89 bits per heavy atom. The second-order valence-corrected chi connectivity index (χ2v) is 6.18. The lowest BCUT2D eigenvalue weighted by Crippen LogP contribution is -2.28. The smallest absolute Gasteiger partial charge is 0.264 e. The SMILES string of the molecule is C[C@@H](OS(C)(=O)=O)[C@H](Cl)COCc1ccccc1. The molecule has 0 spiro atoms. The van der Waals surface area contributed by atoms with Gasteiger partial charge in [0.2, 0.25) is 0 Å². The van der Waals surface area contributed by atoms with Gasteiger partial charge in [-0.1, -0.05) is 30.3 Å². The lowest BCUT2D eigenvalue weighted by atomic mass is 10.2. The molecule has 0 saturated heterocycles. The summed E-state index contributed by atoms with van der Waals surface area (Å²) in [5.74, 6) is 0. The standard InChI is InChI=1S/C12H17ClO4S/c1-10(17-18(2,14)15)12(13)9-16-8-11-6-4-3-5-7-11/h3-7,10,12H,8-9H2,1-2H3/t10-,12-/m1/s1. The van der Waals surface area contributed by atoms with E-state index in [-0.39, 0.29) is 6.61 Å². The topological polar surface area (TPSA) is 52.6 Å². The number of hydrogen-bond acceptors (Lipinski definition) is 4. The molecule has 1 aromatic rings. The van der Waals surface area contributed by atoms with E-state index in [1.54, 1.807) is 6.92 Å². The van der Waals surface area contributed by atoms with Gasteiger partial charge in [-0.05, 0) is 12.5 Å². The van der Waals surface area contributed by atoms with Crippen LogP contribution in [0.3, 0.4) is 0 Å². The van der Waals surface area contributed by atoms with Crippen molar-refractivity contribution in [2.45, 2.75) is 25.0 Å². The van der Waals surface area contributed by atoms with E-state index < -0.39 is 21.6 Å². The summed E-state index contributed by atoms with van der Waals surface area (Å²) in [5.41, 5.74) is 1.04. The Bertz CT molecular complexity index is 446. The molecule has 0 aromatic heterocycles. The molecule has 2 atom stereocenters. The molecule has 0 saturated carbocycles. The average molecular weight is 293 g/mol. The second kappa shape index (κ2) is 7.09. The molecule has 0 radical (unpaired) electrons. The number of alkyl halides is 1. The number of ether oxygens (including phenoxy) is 1. The highest BCUT2D eigenvalue weighted by Gasteiger charge is 2.19. The van der Waals surface area contributed by atoms with Gasteiger partial charge in [0.25, 0.3) is 10.1 Å². The minimum atomic E-state index is -3.49. The molecule has 0 aliphatic rings. The fourth-order valence-corrected chi connectivity index (χ4v) is 2.22. The van der Waals surface area contributed by atoms with Gasteiger partial charge in [0.15, 0.2) is 0 Å². The molecule has 0 fully saturated rings. The molecule has 0 amide bonds. The van der Waals surface area contributed by atoms with Crippen LogP contribution in [0.2, 0.25) is 0 Å². The first-order valence-electron chi connectivity index (χ1n) is 5.52. The van der Waals surface area contributed by atoms with Crippen molar-refractivity contribution in [3.63, 3.8) is 0 Å². The van der Waals surface area contributed by atoms with Gasteiger partial charge in [0.05, 0.1) is 31.0 Å². The number of rotatable bonds is 7. The molecule has 18 heavy (non-hydrogen) atoms. The molecular weight excluding hydrogens is 276 g/mol. The summed E-state index contributed by atoms with van der Waals surface area (Å²) in [6.07, 6.45) is 0.384. The molecule has 0 bridgehead atoms. The maximum Gasteiger partial charge on any atom is 0.264 e. The van der Waals surface area contributed by atoms with E-state index >= 15 is 0 Å². The van der Waals surface area contributed by atoms with Gasteiger partial charge < -0.3 is 4.74 Å². The van der Waals surface area contributed by atoms with Gasteiger partial charge in [-0.2, -0.15) is 8.42 Å². The van der Waals surface area contributed by atoms with E-state index in [1.165, 1.54) is 0 Å². The highest BCUT2D eigenvalue weighted by molar-refractivity contribution is 7.86. The van der Waals surface area contributed by atoms with Crippen molar-refractivity contribution in [1.29, 1.82) is 0 Å². The van der Waals surface area contributed by atoms with Crippen LogP contribution < -0.4 is 0 Å². The van der Waals surface area contributed by atoms with Gasteiger partial charge in [0, 0.05) is 0 Å². The summed E-state index contributed by atoms with van der Waals surface area (Å²) >= 11 is 5.99. The van der Waals surface area contributed by atoms with Crippen molar-refractivity contribution < 1.29 is 17.3 Å². The van der Waals surface area contributed by atoms with Crippen LogP contribution >= 0.6 is 11.6 Å². The molecule has 0 unspecified atom stereocenters. The van der Waals surface area contributed by atoms with Crippen LogP contribution in [0.4, 0.5) is 0 Å². The Hall–Kier alpha value is -0.620. The summed E-state index contributed by atoms with van der Waals surface area (Å²) in [5, 5.41) is -0.511. The molecule has 1 aromatic carbocycles. The Morgan fingerprint density at radius 1 is 1.28 bits per heavy atom. The van der Waals surface area contributed by atoms with Crippen LogP contribution in [0, 0.1) is 0 Å². The maximum atomic E-state index is 10.9. The predicted octanol–water partition coefficient (Wildman–Crippen LogP) is 2.18. The first-order valence-corrected chi connectivity index (χ1v) is 7.78. The van der Waals surface area contributed by atoms with Crippen molar-refractivity contribution in [1.82, 2.24) is 0 Å². The Morgan fingerprint density at radius 3 is 2.44 bits per heavy atom. The highest BCUT2D eigenvalue weighted by Crippen LogP contribution is 2.11. The van der Waals surface area contributed by atoms with Crippen LogP contribution in [0.1, 0.15) is 12.5 Å². The van der Waals surface area contributed by atoms with E-state index in [2.05, 4.69) is 0 Å². The number of benzene rings is 1. The van der Waals surface area contributed by atoms with Gasteiger partial charge in [-0.15, -0.1) is 11.6 Å². The summed E-state index contributed by atoms with van der Waals surface area (Å²) in [4.78, 5) is 0. The third-order valence-corrected chi connectivity index (χ3v) is 3.36. The van der Waals surface area contributed by atoms with Gasteiger partial charge >= 0.3 is 0 Å². The highest BCUT2D eigenvalue weighted by atomic mass is 35.5. The fraction of sp³-hybridized carbons (Fsp3) is 0.500. The van der Waals surface area contributed by atoms with Crippen LogP contribution in [-0.4, -0.2) is 32.8 Å². The zero-order valence-corrected chi connectivity index (χ0v) is 11.9. The largest absolute Gasteiger partial charge is 0.375 e. The lowest BCUT2D eigenvalue weighted by molar-refractivity contribution is 0.0933. The molecule has 0 heterocycles. The Balaban J connectivity index is 2.31. The van der Waals surface area contributed by atoms with Crippen LogP contribution in [0.25, 0.3) is 0 Å².